The van der Waals surface area contributed by atoms with Crippen LogP contribution >= 0.6 is 0 Å². The van der Waals surface area contributed by atoms with E-state index in [1.165, 1.54) is 12.1 Å². The van der Waals surface area contributed by atoms with Crippen LogP contribution < -0.4 is 5.32 Å². The van der Waals surface area contributed by atoms with E-state index < -0.39 is 6.04 Å². The number of ether oxygens (including phenoxy) is 1. The maximum atomic E-state index is 13.2. The Kier molecular flexibility index (Phi) is 3.54. The van der Waals surface area contributed by atoms with Crippen LogP contribution in [0.2, 0.25) is 0 Å². The first-order valence-electron chi connectivity index (χ1n) is 9.18. The molecular weight excluding hydrogens is 331 g/mol. The third-order valence-electron chi connectivity index (χ3n) is 6.13. The number of nitrogens with zero attached hydrogens (tertiary/aromatic N) is 1. The fourth-order valence-corrected chi connectivity index (χ4v) is 4.79. The van der Waals surface area contributed by atoms with Crippen LogP contribution in [-0.4, -0.2) is 36.1 Å². The molecule has 3 aliphatic heterocycles. The molecule has 4 nitrogen and oxygen atoms in total. The zero-order valence-corrected chi connectivity index (χ0v) is 14.4. The Morgan fingerprint density at radius 1 is 1.15 bits per heavy atom. The highest BCUT2D eigenvalue weighted by atomic mass is 19.1. The van der Waals surface area contributed by atoms with Crippen LogP contribution in [0.15, 0.2) is 54.6 Å². The molecule has 3 heterocycles. The van der Waals surface area contributed by atoms with Gasteiger partial charge in [0, 0.05) is 30.6 Å². The molecule has 0 amide bonds. The summed E-state index contributed by atoms with van der Waals surface area (Å²) >= 11 is 0. The van der Waals surface area contributed by atoms with Gasteiger partial charge in [-0.3, -0.25) is 4.90 Å². The Balaban J connectivity index is 1.39. The lowest BCUT2D eigenvalue weighted by molar-refractivity contribution is -0.154. The molecular formula is C21H21FN2O2. The fourth-order valence-electron chi connectivity index (χ4n) is 4.79. The van der Waals surface area contributed by atoms with Gasteiger partial charge in [-0.2, -0.15) is 0 Å². The van der Waals surface area contributed by atoms with Crippen LogP contribution in [-0.2, 0) is 9.53 Å². The second-order valence-corrected chi connectivity index (χ2v) is 7.61. The normalized spacial score (nSPS) is 32.0. The molecule has 6 rings (SSSR count). The molecule has 0 spiro atoms. The first-order chi connectivity index (χ1) is 12.7. The second kappa shape index (κ2) is 5.81. The summed E-state index contributed by atoms with van der Waals surface area (Å²) in [5.74, 6) is 0.475. The number of benzene rings is 2. The summed E-state index contributed by atoms with van der Waals surface area (Å²) in [5, 5.41) is 3.22. The first-order valence-corrected chi connectivity index (χ1v) is 9.18. The van der Waals surface area contributed by atoms with Gasteiger partial charge in [0.2, 0.25) is 0 Å². The van der Waals surface area contributed by atoms with Crippen LogP contribution in [0, 0.1) is 17.7 Å². The number of anilines is 1. The quantitative estimate of drug-likeness (QED) is 0.839. The van der Waals surface area contributed by atoms with E-state index >= 15 is 0 Å². The second-order valence-electron chi connectivity index (χ2n) is 7.61. The van der Waals surface area contributed by atoms with Gasteiger partial charge in [0.05, 0.1) is 0 Å². The van der Waals surface area contributed by atoms with Gasteiger partial charge < -0.3 is 10.1 Å². The van der Waals surface area contributed by atoms with Gasteiger partial charge in [0.15, 0.2) is 6.04 Å². The van der Waals surface area contributed by atoms with Gasteiger partial charge in [-0.15, -0.1) is 0 Å². The van der Waals surface area contributed by atoms with Gasteiger partial charge in [-0.25, -0.2) is 9.18 Å². The maximum absolute atomic E-state index is 13.2. The van der Waals surface area contributed by atoms with Crippen molar-refractivity contribution in [2.45, 2.75) is 18.1 Å². The third kappa shape index (κ3) is 2.50. The fraction of sp³-hybridized carbons (Fsp3) is 0.381. The van der Waals surface area contributed by atoms with Crippen molar-refractivity contribution in [3.05, 3.63) is 66.0 Å². The number of halogens is 1. The molecule has 1 aliphatic carbocycles. The van der Waals surface area contributed by atoms with Gasteiger partial charge >= 0.3 is 5.97 Å². The van der Waals surface area contributed by atoms with Crippen LogP contribution in [0.4, 0.5) is 10.1 Å². The van der Waals surface area contributed by atoms with Crippen LogP contribution in [0.25, 0.3) is 0 Å². The van der Waals surface area contributed by atoms with Crippen molar-refractivity contribution in [2.24, 2.45) is 11.8 Å². The van der Waals surface area contributed by atoms with Crippen molar-refractivity contribution >= 4 is 11.7 Å². The van der Waals surface area contributed by atoms with E-state index in [1.807, 2.05) is 30.3 Å². The molecule has 1 N–H and O–H groups in total. The molecule has 134 valence electrons. The minimum Gasteiger partial charge on any atom is -0.455 e. The number of carbonyl (C=O) groups is 1. The summed E-state index contributed by atoms with van der Waals surface area (Å²) in [6.45, 7) is 3.04. The zero-order valence-electron chi connectivity index (χ0n) is 14.4. The summed E-state index contributed by atoms with van der Waals surface area (Å²) < 4.78 is 19.3. The predicted octanol–water partition coefficient (Wildman–Crippen LogP) is 3.23. The van der Waals surface area contributed by atoms with Gasteiger partial charge in [0.25, 0.3) is 0 Å². The Morgan fingerprint density at radius 2 is 1.92 bits per heavy atom. The lowest BCUT2D eigenvalue weighted by Gasteiger charge is -2.30. The van der Waals surface area contributed by atoms with Crippen molar-refractivity contribution in [1.82, 2.24) is 4.90 Å². The summed E-state index contributed by atoms with van der Waals surface area (Å²) in [6, 6.07) is 15.0. The minimum absolute atomic E-state index is 0.253. The third-order valence-corrected chi connectivity index (χ3v) is 6.13. The molecule has 5 atom stereocenters. The Hall–Kier alpha value is -2.40. The van der Waals surface area contributed by atoms with Crippen molar-refractivity contribution < 1.29 is 13.9 Å². The lowest BCUT2D eigenvalue weighted by Crippen LogP contribution is -2.40. The molecule has 3 saturated heterocycles. The molecule has 1 saturated carbocycles. The van der Waals surface area contributed by atoms with Crippen LogP contribution in [0.1, 0.15) is 18.0 Å². The molecule has 0 radical (unpaired) electrons. The largest absolute Gasteiger partial charge is 0.455 e. The SMILES string of the molecule is O=C(OC12CN3CCC1C2C3)C(Nc1ccc(F)cc1)c1ccccc1. The van der Waals surface area contributed by atoms with E-state index in [0.717, 1.165) is 31.6 Å². The summed E-state index contributed by atoms with van der Waals surface area (Å²) in [4.78, 5) is 15.5. The number of piperidine rings is 3. The minimum atomic E-state index is -0.605. The predicted molar refractivity (Wildman–Crippen MR) is 96.1 cm³/mol. The average molecular weight is 352 g/mol. The van der Waals surface area contributed by atoms with E-state index in [-0.39, 0.29) is 17.4 Å². The number of fused-ring (bicyclic) bond motifs is 1. The Morgan fingerprint density at radius 3 is 2.54 bits per heavy atom. The van der Waals surface area contributed by atoms with Crippen LogP contribution in [0.3, 0.4) is 0 Å². The summed E-state index contributed by atoms with van der Waals surface area (Å²) in [5.41, 5.74) is 1.27. The Bertz CT molecular complexity index is 820. The van der Waals surface area contributed by atoms with Crippen molar-refractivity contribution in [3.8, 4) is 0 Å². The summed E-state index contributed by atoms with van der Waals surface area (Å²) in [7, 11) is 0. The van der Waals surface area contributed by atoms with Crippen LogP contribution in [0.5, 0.6) is 0 Å². The number of hydrogen-bond donors (Lipinski definition) is 1. The number of nitrogens with one attached hydrogen (secondary N) is 1. The molecule has 4 fully saturated rings. The topological polar surface area (TPSA) is 41.6 Å². The zero-order chi connectivity index (χ0) is 17.7. The van der Waals surface area contributed by atoms with E-state index in [1.54, 1.807) is 12.1 Å². The molecule has 2 aromatic rings. The van der Waals surface area contributed by atoms with Crippen molar-refractivity contribution in [3.63, 3.8) is 0 Å². The smallest absolute Gasteiger partial charge is 0.333 e. The molecule has 4 bridgehead atoms. The monoisotopic (exact) mass is 352 g/mol. The number of carbonyl (C=O) groups excluding carboxylic acids is 1. The highest BCUT2D eigenvalue weighted by Gasteiger charge is 2.74. The number of rotatable bonds is 5. The summed E-state index contributed by atoms with van der Waals surface area (Å²) in [6.07, 6.45) is 1.12. The number of esters is 1. The molecule has 0 aromatic heterocycles. The lowest BCUT2D eigenvalue weighted by atomic mass is 10.1. The van der Waals surface area contributed by atoms with Gasteiger partial charge in [-0.05, 0) is 42.8 Å². The van der Waals surface area contributed by atoms with Gasteiger partial charge in [-0.1, -0.05) is 30.3 Å². The van der Waals surface area contributed by atoms with Gasteiger partial charge in [0.1, 0.15) is 11.4 Å². The molecule has 26 heavy (non-hydrogen) atoms. The highest BCUT2D eigenvalue weighted by Crippen LogP contribution is 2.63. The first kappa shape index (κ1) is 15.8. The van der Waals surface area contributed by atoms with E-state index in [2.05, 4.69) is 10.2 Å². The Labute approximate surface area is 152 Å². The highest BCUT2D eigenvalue weighted by molar-refractivity contribution is 5.82. The maximum Gasteiger partial charge on any atom is 0.333 e. The average Bonchev–Trinajstić information content (AvgIpc) is 3.16. The van der Waals surface area contributed by atoms with Crippen molar-refractivity contribution in [1.29, 1.82) is 0 Å². The number of hydrogen-bond acceptors (Lipinski definition) is 4. The molecule has 4 aliphatic rings. The molecule has 2 aromatic carbocycles. The van der Waals surface area contributed by atoms with E-state index in [4.69, 9.17) is 4.74 Å². The molecule has 5 unspecified atom stereocenters. The van der Waals surface area contributed by atoms with Crippen molar-refractivity contribution in [2.75, 3.05) is 25.0 Å². The standard InChI is InChI=1S/C21H21FN2O2/c22-15-6-8-16(9-7-15)23-19(14-4-2-1-3-5-14)20(25)26-21-13-24-11-10-17(21)18(21)12-24/h1-9,17-19,23H,10-13H2. The van der Waals surface area contributed by atoms with E-state index in [9.17, 15) is 9.18 Å². The van der Waals surface area contributed by atoms with E-state index in [0.29, 0.717) is 17.5 Å². The molecule has 5 heteroatoms.